The summed E-state index contributed by atoms with van der Waals surface area (Å²) in [6, 6.07) is 0. The van der Waals surface area contributed by atoms with Gasteiger partial charge in [-0.05, 0) is 13.8 Å². The highest BCUT2D eigenvalue weighted by Crippen LogP contribution is 2.26. The minimum atomic E-state index is -0.0770. The molecule has 2 rings (SSSR count). The SMILES string of the molecule is COCC1O[C@@H](C)[C@H](OC)[C@@H]1OC.COCCO[C@H]1[C@H](C)OC(COC)[C@H]1OC. The van der Waals surface area contributed by atoms with Crippen molar-refractivity contribution >= 4 is 0 Å². The first kappa shape index (κ1) is 26.7. The summed E-state index contributed by atoms with van der Waals surface area (Å²) in [6.07, 6.45) is -0.151. The maximum atomic E-state index is 5.73. The van der Waals surface area contributed by atoms with Gasteiger partial charge in [-0.15, -0.1) is 0 Å². The summed E-state index contributed by atoms with van der Waals surface area (Å²) in [4.78, 5) is 0. The lowest BCUT2D eigenvalue weighted by Crippen LogP contribution is -2.38. The van der Waals surface area contributed by atoms with Gasteiger partial charge in [0, 0.05) is 42.7 Å². The van der Waals surface area contributed by atoms with Gasteiger partial charge < -0.3 is 42.6 Å². The average Bonchev–Trinajstić information content (AvgIpc) is 3.18. The third-order valence-corrected chi connectivity index (χ3v) is 5.16. The quantitative estimate of drug-likeness (QED) is 0.450. The third-order valence-electron chi connectivity index (χ3n) is 5.16. The standard InChI is InChI=1S/C11H22O5.C9H18O4/c1-8-10(15-6-5-12-2)11(14-4)9(16-8)7-13-3;1-6-8(11-3)9(12-4)7(13-6)5-10-2/h8-11H,5-7H2,1-4H3;6-9H,5H2,1-4H3/t8-,9?,10-,11+;6-,7?,8-,9+/m00/s1. The van der Waals surface area contributed by atoms with Gasteiger partial charge in [-0.1, -0.05) is 0 Å². The molecule has 0 N–H and O–H groups in total. The van der Waals surface area contributed by atoms with Crippen LogP contribution in [0.1, 0.15) is 13.8 Å². The topological polar surface area (TPSA) is 83.1 Å². The fourth-order valence-corrected chi connectivity index (χ4v) is 3.81. The summed E-state index contributed by atoms with van der Waals surface area (Å²) in [6.45, 7) is 6.16. The monoisotopic (exact) mass is 424 g/mol. The number of ether oxygens (including phenoxy) is 9. The van der Waals surface area contributed by atoms with E-state index in [0.717, 1.165) is 0 Å². The molecule has 29 heavy (non-hydrogen) atoms. The Labute approximate surface area is 175 Å². The van der Waals surface area contributed by atoms with E-state index in [9.17, 15) is 0 Å². The van der Waals surface area contributed by atoms with Crippen molar-refractivity contribution in [3.05, 3.63) is 0 Å². The zero-order valence-electron chi connectivity index (χ0n) is 19.1. The number of methoxy groups -OCH3 is 6. The molecule has 0 amide bonds. The van der Waals surface area contributed by atoms with Crippen molar-refractivity contribution in [3.63, 3.8) is 0 Å². The van der Waals surface area contributed by atoms with Gasteiger partial charge in [-0.25, -0.2) is 0 Å². The van der Waals surface area contributed by atoms with Gasteiger partial charge in [0.1, 0.15) is 36.6 Å². The molecule has 9 nitrogen and oxygen atoms in total. The van der Waals surface area contributed by atoms with E-state index in [1.54, 1.807) is 42.7 Å². The fraction of sp³-hybridized carbons (Fsp3) is 1.00. The Kier molecular flexibility index (Phi) is 13.4. The summed E-state index contributed by atoms with van der Waals surface area (Å²) in [7, 11) is 9.97. The van der Waals surface area contributed by atoms with E-state index in [0.29, 0.717) is 26.4 Å². The van der Waals surface area contributed by atoms with E-state index >= 15 is 0 Å². The molecule has 2 saturated heterocycles. The van der Waals surface area contributed by atoms with Crippen LogP contribution in [0.2, 0.25) is 0 Å². The van der Waals surface area contributed by atoms with E-state index < -0.39 is 0 Å². The predicted molar refractivity (Wildman–Crippen MR) is 106 cm³/mol. The Bertz CT molecular complexity index is 411. The second-order valence-corrected chi connectivity index (χ2v) is 7.10. The van der Waals surface area contributed by atoms with Gasteiger partial charge in [0.25, 0.3) is 0 Å². The molecule has 0 radical (unpaired) electrons. The number of rotatable bonds is 11. The molecule has 0 aromatic carbocycles. The first-order valence-corrected chi connectivity index (χ1v) is 9.96. The molecule has 2 aliphatic rings. The van der Waals surface area contributed by atoms with Gasteiger partial charge in [-0.2, -0.15) is 0 Å². The molecule has 0 bridgehead atoms. The molecular formula is C20H40O9. The zero-order chi connectivity index (χ0) is 21.8. The number of hydrogen-bond donors (Lipinski definition) is 0. The maximum absolute atomic E-state index is 5.73. The second-order valence-electron chi connectivity index (χ2n) is 7.10. The van der Waals surface area contributed by atoms with Crippen LogP contribution < -0.4 is 0 Å². The van der Waals surface area contributed by atoms with Gasteiger partial charge in [0.15, 0.2) is 0 Å². The first-order valence-electron chi connectivity index (χ1n) is 9.96. The van der Waals surface area contributed by atoms with Crippen molar-refractivity contribution in [3.8, 4) is 0 Å². The zero-order valence-corrected chi connectivity index (χ0v) is 19.1. The molecule has 0 saturated carbocycles. The van der Waals surface area contributed by atoms with Crippen molar-refractivity contribution in [2.45, 2.75) is 62.7 Å². The molecule has 0 aromatic heterocycles. The summed E-state index contributed by atoms with van der Waals surface area (Å²) in [5.41, 5.74) is 0. The van der Waals surface area contributed by atoms with Crippen LogP contribution in [0.3, 0.4) is 0 Å². The van der Waals surface area contributed by atoms with E-state index in [1.165, 1.54) is 0 Å². The van der Waals surface area contributed by atoms with Crippen LogP contribution in [0, 0.1) is 0 Å². The van der Waals surface area contributed by atoms with E-state index in [4.69, 9.17) is 42.6 Å². The van der Waals surface area contributed by atoms with Crippen molar-refractivity contribution in [2.75, 3.05) is 69.1 Å². The third kappa shape index (κ3) is 7.68. The first-order chi connectivity index (χ1) is 14.0. The molecule has 2 unspecified atom stereocenters. The second kappa shape index (κ2) is 14.6. The Morgan fingerprint density at radius 2 is 1.00 bits per heavy atom. The molecule has 2 fully saturated rings. The smallest absolute Gasteiger partial charge is 0.114 e. The van der Waals surface area contributed by atoms with Gasteiger partial charge in [0.05, 0.1) is 38.6 Å². The molecule has 9 heteroatoms. The van der Waals surface area contributed by atoms with E-state index in [1.807, 2.05) is 13.8 Å². The normalized spacial score (nSPS) is 36.8. The van der Waals surface area contributed by atoms with Crippen LogP contribution in [-0.4, -0.2) is 118 Å². The molecule has 0 aliphatic carbocycles. The Morgan fingerprint density at radius 3 is 1.41 bits per heavy atom. The summed E-state index contributed by atoms with van der Waals surface area (Å²) < 4.78 is 48.2. The highest BCUT2D eigenvalue weighted by atomic mass is 16.6. The van der Waals surface area contributed by atoms with Gasteiger partial charge in [0.2, 0.25) is 0 Å². The van der Waals surface area contributed by atoms with Crippen LogP contribution in [0.25, 0.3) is 0 Å². The summed E-state index contributed by atoms with van der Waals surface area (Å²) >= 11 is 0. The van der Waals surface area contributed by atoms with Gasteiger partial charge >= 0.3 is 0 Å². The lowest BCUT2D eigenvalue weighted by Gasteiger charge is -2.22. The van der Waals surface area contributed by atoms with Crippen molar-refractivity contribution in [1.82, 2.24) is 0 Å². The molecule has 0 aromatic rings. The predicted octanol–water partition coefficient (Wildman–Crippen LogP) is 0.917. The van der Waals surface area contributed by atoms with Crippen LogP contribution >= 0.6 is 0 Å². The molecule has 8 atom stereocenters. The number of hydrogen-bond acceptors (Lipinski definition) is 9. The molecule has 174 valence electrons. The minimum Gasteiger partial charge on any atom is -0.382 e. The fourth-order valence-electron chi connectivity index (χ4n) is 3.81. The molecule has 0 spiro atoms. The Balaban J connectivity index is 0.000000296. The van der Waals surface area contributed by atoms with Crippen LogP contribution in [0.4, 0.5) is 0 Å². The minimum absolute atomic E-state index is 0.00477. The Hall–Kier alpha value is -0.360. The maximum Gasteiger partial charge on any atom is 0.114 e. The average molecular weight is 425 g/mol. The van der Waals surface area contributed by atoms with Crippen molar-refractivity contribution in [2.24, 2.45) is 0 Å². The highest BCUT2D eigenvalue weighted by molar-refractivity contribution is 4.91. The van der Waals surface area contributed by atoms with Crippen molar-refractivity contribution < 1.29 is 42.6 Å². The lowest BCUT2D eigenvalue weighted by molar-refractivity contribution is -0.0644. The van der Waals surface area contributed by atoms with Crippen molar-refractivity contribution in [1.29, 1.82) is 0 Å². The van der Waals surface area contributed by atoms with Gasteiger partial charge in [-0.3, -0.25) is 0 Å². The summed E-state index contributed by atoms with van der Waals surface area (Å²) in [5, 5.41) is 0. The van der Waals surface area contributed by atoms with Crippen LogP contribution in [-0.2, 0) is 42.6 Å². The Morgan fingerprint density at radius 1 is 0.552 bits per heavy atom. The van der Waals surface area contributed by atoms with Crippen LogP contribution in [0.5, 0.6) is 0 Å². The van der Waals surface area contributed by atoms with Crippen LogP contribution in [0.15, 0.2) is 0 Å². The largest absolute Gasteiger partial charge is 0.382 e. The molecule has 2 aliphatic heterocycles. The van der Waals surface area contributed by atoms with E-state index in [-0.39, 0.29) is 48.8 Å². The molecule has 2 heterocycles. The highest BCUT2D eigenvalue weighted by Gasteiger charge is 2.44. The molecular weight excluding hydrogens is 384 g/mol. The summed E-state index contributed by atoms with van der Waals surface area (Å²) in [5.74, 6) is 0. The lowest BCUT2D eigenvalue weighted by atomic mass is 10.1. The van der Waals surface area contributed by atoms with E-state index in [2.05, 4.69) is 0 Å².